The third-order valence-electron chi connectivity index (χ3n) is 4.63. The van der Waals surface area contributed by atoms with Crippen LogP contribution in [0.1, 0.15) is 0 Å². The van der Waals surface area contributed by atoms with Crippen molar-refractivity contribution >= 4 is 78.0 Å². The monoisotopic (exact) mass is 352 g/mol. The molecule has 126 valence electrons. The van der Waals surface area contributed by atoms with Gasteiger partial charge in [-0.3, -0.25) is 0 Å². The van der Waals surface area contributed by atoms with Gasteiger partial charge in [0, 0.05) is 5.39 Å². The Labute approximate surface area is 148 Å². The van der Waals surface area contributed by atoms with E-state index in [9.17, 15) is 0 Å². The first kappa shape index (κ1) is 15.3. The number of rotatable bonds is 0. The molecule has 0 aliphatic carbocycles. The van der Waals surface area contributed by atoms with Crippen LogP contribution in [0.3, 0.4) is 0 Å². The number of nitrogens with two attached hydrogens (primary N) is 6. The Hall–Kier alpha value is -3.25. The van der Waals surface area contributed by atoms with Gasteiger partial charge in [0.25, 0.3) is 0 Å². The zero-order valence-electron chi connectivity index (χ0n) is 13.2. The molecule has 12 N–H and O–H groups in total. The molecule has 0 atom stereocenters. The van der Waals surface area contributed by atoms with E-state index >= 15 is 0 Å². The molecule has 0 saturated heterocycles. The van der Waals surface area contributed by atoms with Gasteiger partial charge in [-0.1, -0.05) is 11.6 Å². The molecule has 0 aromatic heterocycles. The van der Waals surface area contributed by atoms with E-state index in [-0.39, 0.29) is 0 Å². The van der Waals surface area contributed by atoms with E-state index < -0.39 is 0 Å². The molecule has 0 unspecified atom stereocenters. The van der Waals surface area contributed by atoms with Crippen LogP contribution in [0.2, 0.25) is 5.02 Å². The summed E-state index contributed by atoms with van der Waals surface area (Å²) >= 11 is 6.54. The number of hydrogen-bond donors (Lipinski definition) is 6. The first-order chi connectivity index (χ1) is 11.8. The second-order valence-electron chi connectivity index (χ2n) is 6.17. The zero-order valence-corrected chi connectivity index (χ0v) is 14.0. The fourth-order valence-electron chi connectivity index (χ4n) is 3.30. The summed E-state index contributed by atoms with van der Waals surface area (Å²) in [4.78, 5) is 0. The number of fused-ring (bicyclic) bond motifs is 6. The van der Waals surface area contributed by atoms with Crippen molar-refractivity contribution < 1.29 is 0 Å². The van der Waals surface area contributed by atoms with E-state index in [1.54, 1.807) is 12.1 Å². The Morgan fingerprint density at radius 3 is 1.24 bits per heavy atom. The molecule has 4 aromatic carbocycles. The second-order valence-corrected chi connectivity index (χ2v) is 6.55. The number of nitrogen functional groups attached to an aromatic ring is 6. The second kappa shape index (κ2) is 4.87. The molecule has 0 fully saturated rings. The summed E-state index contributed by atoms with van der Waals surface area (Å²) in [6.07, 6.45) is 0. The lowest BCUT2D eigenvalue weighted by Crippen LogP contribution is -2.00. The lowest BCUT2D eigenvalue weighted by atomic mass is 9.92. The van der Waals surface area contributed by atoms with Gasteiger partial charge < -0.3 is 34.4 Å². The van der Waals surface area contributed by atoms with E-state index in [4.69, 9.17) is 46.0 Å². The van der Waals surface area contributed by atoms with Crippen LogP contribution in [0.5, 0.6) is 0 Å². The van der Waals surface area contributed by atoms with Crippen molar-refractivity contribution in [1.29, 1.82) is 0 Å². The molecule has 0 amide bonds. The van der Waals surface area contributed by atoms with Crippen molar-refractivity contribution in [3.05, 3.63) is 35.4 Å². The highest BCUT2D eigenvalue weighted by molar-refractivity contribution is 6.43. The van der Waals surface area contributed by atoms with Gasteiger partial charge in [0.05, 0.1) is 39.1 Å². The predicted molar refractivity (Wildman–Crippen MR) is 110 cm³/mol. The highest BCUT2D eigenvalue weighted by Crippen LogP contribution is 2.45. The minimum absolute atomic E-state index is 0.327. The Kier molecular flexibility index (Phi) is 2.98. The maximum atomic E-state index is 6.54. The fraction of sp³-hybridized carbons (Fsp3) is 0. The van der Waals surface area contributed by atoms with Crippen molar-refractivity contribution in [2.45, 2.75) is 0 Å². The predicted octanol–water partition coefficient (Wildman–Crippen LogP) is 3.29. The highest BCUT2D eigenvalue weighted by Gasteiger charge is 2.17. The molecule has 0 radical (unpaired) electrons. The molecule has 25 heavy (non-hydrogen) atoms. The zero-order chi connectivity index (χ0) is 18.0. The minimum Gasteiger partial charge on any atom is -0.397 e. The van der Waals surface area contributed by atoms with Crippen LogP contribution in [-0.4, -0.2) is 0 Å². The van der Waals surface area contributed by atoms with Crippen LogP contribution in [-0.2, 0) is 0 Å². The molecule has 6 nitrogen and oxygen atoms in total. The third-order valence-corrected chi connectivity index (χ3v) is 5.02. The molecule has 0 aliphatic rings. The summed E-state index contributed by atoms with van der Waals surface area (Å²) in [5, 5.41) is 5.42. The molecule has 4 aromatic rings. The van der Waals surface area contributed by atoms with E-state index in [1.807, 2.05) is 18.2 Å². The van der Waals surface area contributed by atoms with E-state index in [1.165, 1.54) is 0 Å². The van der Waals surface area contributed by atoms with Crippen LogP contribution in [0.4, 0.5) is 34.1 Å². The van der Waals surface area contributed by atoms with E-state index in [0.717, 1.165) is 32.3 Å². The Balaban J connectivity index is 2.44. The summed E-state index contributed by atoms with van der Waals surface area (Å²) in [7, 11) is 0. The van der Waals surface area contributed by atoms with Crippen LogP contribution >= 0.6 is 11.6 Å². The lowest BCUT2D eigenvalue weighted by Gasteiger charge is -2.16. The van der Waals surface area contributed by atoms with Gasteiger partial charge in [-0.25, -0.2) is 0 Å². The van der Waals surface area contributed by atoms with Crippen molar-refractivity contribution in [3.63, 3.8) is 0 Å². The maximum Gasteiger partial charge on any atom is 0.0743 e. The molecule has 0 aliphatic heterocycles. The molecule has 7 heteroatoms. The summed E-state index contributed by atoms with van der Waals surface area (Å²) in [6, 6.07) is 9.03. The average Bonchev–Trinajstić information content (AvgIpc) is 2.56. The smallest absolute Gasteiger partial charge is 0.0743 e. The number of halogens is 1. The molecule has 0 spiro atoms. The van der Waals surface area contributed by atoms with Crippen LogP contribution in [0.25, 0.3) is 32.3 Å². The molecule has 0 heterocycles. The first-order valence-corrected chi connectivity index (χ1v) is 7.94. The van der Waals surface area contributed by atoms with Crippen molar-refractivity contribution in [1.82, 2.24) is 0 Å². The summed E-state index contributed by atoms with van der Waals surface area (Å²) in [5.41, 5.74) is 38.8. The highest BCUT2D eigenvalue weighted by atomic mass is 35.5. The molecular formula is C18H17ClN6. The Bertz CT molecular complexity index is 1170. The molecule has 4 rings (SSSR count). The SMILES string of the molecule is Nc1cc2c3cc(N)c(N)cc3c3c(Cl)c(N)c(N)cc3c2cc1N. The van der Waals surface area contributed by atoms with Gasteiger partial charge in [-0.15, -0.1) is 0 Å². The standard InChI is InChI=1S/C18H17ClN6/c19-17-16-9-4-14(23)13(22)2-7(9)6-1-11(20)12(21)3-8(6)10(16)5-15(24)18(17)25/h1-5H,20-25H2. The lowest BCUT2D eigenvalue weighted by molar-refractivity contribution is 1.70. The molecular weight excluding hydrogens is 336 g/mol. The van der Waals surface area contributed by atoms with Crippen LogP contribution in [0.15, 0.2) is 30.3 Å². The van der Waals surface area contributed by atoms with Crippen LogP contribution in [0, 0.1) is 0 Å². The van der Waals surface area contributed by atoms with Crippen molar-refractivity contribution in [2.24, 2.45) is 0 Å². The number of anilines is 6. The Morgan fingerprint density at radius 1 is 0.480 bits per heavy atom. The first-order valence-electron chi connectivity index (χ1n) is 7.56. The summed E-state index contributed by atoms with van der Waals surface area (Å²) in [5.74, 6) is 0. The number of hydrogen-bond acceptors (Lipinski definition) is 6. The van der Waals surface area contributed by atoms with E-state index in [0.29, 0.717) is 39.1 Å². The minimum atomic E-state index is 0.327. The van der Waals surface area contributed by atoms with Gasteiger partial charge >= 0.3 is 0 Å². The van der Waals surface area contributed by atoms with Gasteiger partial charge in [-0.05, 0) is 57.3 Å². The largest absolute Gasteiger partial charge is 0.397 e. The fourth-order valence-corrected chi connectivity index (χ4v) is 3.62. The van der Waals surface area contributed by atoms with Crippen molar-refractivity contribution in [3.8, 4) is 0 Å². The Morgan fingerprint density at radius 2 is 0.800 bits per heavy atom. The van der Waals surface area contributed by atoms with E-state index in [2.05, 4.69) is 0 Å². The van der Waals surface area contributed by atoms with Gasteiger partial charge in [0.1, 0.15) is 0 Å². The van der Waals surface area contributed by atoms with Gasteiger partial charge in [-0.2, -0.15) is 0 Å². The summed E-state index contributed by atoms with van der Waals surface area (Å²) in [6.45, 7) is 0. The summed E-state index contributed by atoms with van der Waals surface area (Å²) < 4.78 is 0. The molecule has 0 saturated carbocycles. The van der Waals surface area contributed by atoms with Crippen LogP contribution < -0.4 is 34.4 Å². The van der Waals surface area contributed by atoms with Gasteiger partial charge in [0.2, 0.25) is 0 Å². The van der Waals surface area contributed by atoms with Crippen molar-refractivity contribution in [2.75, 3.05) is 34.4 Å². The topological polar surface area (TPSA) is 156 Å². The number of benzene rings is 4. The normalized spacial score (nSPS) is 11.6. The third kappa shape index (κ3) is 1.98. The average molecular weight is 353 g/mol. The maximum absolute atomic E-state index is 6.54. The molecule has 0 bridgehead atoms. The quantitative estimate of drug-likeness (QED) is 0.210. The van der Waals surface area contributed by atoms with Gasteiger partial charge in [0.15, 0.2) is 0 Å².